The van der Waals surface area contributed by atoms with E-state index in [4.69, 9.17) is 10.6 Å². The molecule has 4 rings (SSSR count). The molecule has 37 heavy (non-hydrogen) atoms. The van der Waals surface area contributed by atoms with Crippen LogP contribution in [0.3, 0.4) is 0 Å². The van der Waals surface area contributed by atoms with Gasteiger partial charge in [0.1, 0.15) is 17.1 Å². The number of hydrogen-bond donors (Lipinski definition) is 4. The Hall–Kier alpha value is -4.05. The number of β-lactam (4-membered cyclic amide) rings is 1. The zero-order valence-corrected chi connectivity index (χ0v) is 21.2. The first kappa shape index (κ1) is 26.0. The number of carbonyl (C=O) groups is 4. The second-order valence-corrected chi connectivity index (χ2v) is 10.4. The van der Waals surface area contributed by atoms with Gasteiger partial charge in [-0.15, -0.1) is 11.8 Å². The molecule has 0 spiro atoms. The molecule has 0 saturated carbocycles. The number of hydrogen-bond acceptors (Lipinski definition) is 11. The number of aliphatic carboxylic acids is 2. The SMILES string of the molecule is CC(C)(ON=C(C(=O)NC1C(=O)N2C(C(=O)O)=C(C[n+]3ccccc3)CS[C@H]12)c1nsc(N)n1)C(=O)O. The fourth-order valence-electron chi connectivity index (χ4n) is 3.49. The number of carboxylic acids is 2. The van der Waals surface area contributed by atoms with Gasteiger partial charge < -0.3 is 26.1 Å². The van der Waals surface area contributed by atoms with E-state index in [1.54, 1.807) is 17.0 Å². The Labute approximate surface area is 218 Å². The van der Waals surface area contributed by atoms with Crippen molar-refractivity contribution in [3.8, 4) is 0 Å². The van der Waals surface area contributed by atoms with Crippen molar-refractivity contribution in [2.75, 3.05) is 11.5 Å². The van der Waals surface area contributed by atoms with Crippen LogP contribution in [0.5, 0.6) is 0 Å². The molecule has 194 valence electrons. The van der Waals surface area contributed by atoms with Crippen LogP contribution in [-0.4, -0.2) is 76.7 Å². The summed E-state index contributed by atoms with van der Waals surface area (Å²) in [5, 5.41) is 24.6. The molecule has 5 N–H and O–H groups in total. The molecule has 2 aromatic rings. The molecular formula is C21H22N7O7S2+. The van der Waals surface area contributed by atoms with Crippen molar-refractivity contribution in [3.63, 3.8) is 0 Å². The fourth-order valence-corrected chi connectivity index (χ4v) is 5.26. The van der Waals surface area contributed by atoms with Gasteiger partial charge in [0.15, 0.2) is 24.1 Å². The molecule has 2 atom stereocenters. The van der Waals surface area contributed by atoms with Crippen LogP contribution >= 0.6 is 23.3 Å². The fraction of sp³-hybridized carbons (Fsp3) is 0.333. The average molecular weight is 549 g/mol. The van der Waals surface area contributed by atoms with E-state index in [1.165, 1.54) is 25.6 Å². The Balaban J connectivity index is 1.55. The van der Waals surface area contributed by atoms with E-state index in [2.05, 4.69) is 19.8 Å². The minimum atomic E-state index is -1.77. The summed E-state index contributed by atoms with van der Waals surface area (Å²) in [6, 6.07) is 4.39. The van der Waals surface area contributed by atoms with Gasteiger partial charge in [-0.2, -0.15) is 9.36 Å². The van der Waals surface area contributed by atoms with Crippen LogP contribution in [0.25, 0.3) is 0 Å². The Bertz CT molecular complexity index is 1330. The molecule has 0 aromatic carbocycles. The van der Waals surface area contributed by atoms with Crippen LogP contribution in [0.2, 0.25) is 0 Å². The molecule has 2 aliphatic heterocycles. The molecule has 1 unspecified atom stereocenters. The third-order valence-electron chi connectivity index (χ3n) is 5.44. The molecule has 1 saturated heterocycles. The number of pyridine rings is 1. The summed E-state index contributed by atoms with van der Waals surface area (Å²) in [5.41, 5.74) is 3.78. The van der Waals surface area contributed by atoms with Crippen molar-refractivity contribution in [2.24, 2.45) is 5.16 Å². The number of nitrogen functional groups attached to an aromatic ring is 1. The van der Waals surface area contributed by atoms with Gasteiger partial charge in [-0.1, -0.05) is 11.2 Å². The first-order valence-corrected chi connectivity index (χ1v) is 12.6. The number of fused-ring (bicyclic) bond motifs is 1. The second-order valence-electron chi connectivity index (χ2n) is 8.47. The first-order chi connectivity index (χ1) is 17.5. The summed E-state index contributed by atoms with van der Waals surface area (Å²) in [7, 11) is 0. The van der Waals surface area contributed by atoms with Gasteiger partial charge in [-0.3, -0.25) is 14.5 Å². The number of nitrogens with two attached hydrogens (primary N) is 1. The number of nitrogens with one attached hydrogen (secondary N) is 1. The highest BCUT2D eigenvalue weighted by Gasteiger charge is 2.55. The summed E-state index contributed by atoms with van der Waals surface area (Å²) in [4.78, 5) is 59.6. The molecule has 0 radical (unpaired) electrons. The molecule has 16 heteroatoms. The minimum Gasteiger partial charge on any atom is -0.478 e. The van der Waals surface area contributed by atoms with Crippen LogP contribution < -0.4 is 15.6 Å². The molecule has 2 amide bonds. The van der Waals surface area contributed by atoms with Crippen LogP contribution in [0, 0.1) is 0 Å². The molecule has 4 heterocycles. The highest BCUT2D eigenvalue weighted by atomic mass is 32.2. The van der Waals surface area contributed by atoms with E-state index in [0.717, 1.165) is 16.4 Å². The lowest BCUT2D eigenvalue weighted by Crippen LogP contribution is -2.71. The maximum Gasteiger partial charge on any atom is 0.352 e. The first-order valence-electron chi connectivity index (χ1n) is 10.7. The lowest BCUT2D eigenvalue weighted by atomic mass is 10.0. The number of nitrogens with zero attached hydrogens (tertiary/aromatic N) is 5. The number of oxime groups is 1. The van der Waals surface area contributed by atoms with Gasteiger partial charge in [-0.25, -0.2) is 14.2 Å². The highest BCUT2D eigenvalue weighted by molar-refractivity contribution is 8.00. The smallest absolute Gasteiger partial charge is 0.352 e. The van der Waals surface area contributed by atoms with Crippen molar-refractivity contribution >= 4 is 57.9 Å². The summed E-state index contributed by atoms with van der Waals surface area (Å²) < 4.78 is 5.72. The largest absolute Gasteiger partial charge is 0.478 e. The van der Waals surface area contributed by atoms with Crippen LogP contribution in [0.15, 0.2) is 47.0 Å². The topological polar surface area (TPSA) is 201 Å². The highest BCUT2D eigenvalue weighted by Crippen LogP contribution is 2.40. The monoisotopic (exact) mass is 548 g/mol. The third-order valence-corrected chi connectivity index (χ3v) is 7.32. The Kier molecular flexibility index (Phi) is 7.13. The summed E-state index contributed by atoms with van der Waals surface area (Å²) >= 11 is 2.09. The van der Waals surface area contributed by atoms with Crippen LogP contribution in [-0.2, 0) is 30.6 Å². The zero-order chi connectivity index (χ0) is 26.9. The van der Waals surface area contributed by atoms with E-state index in [9.17, 15) is 29.4 Å². The molecule has 14 nitrogen and oxygen atoms in total. The normalized spacial score (nSPS) is 19.7. The van der Waals surface area contributed by atoms with E-state index >= 15 is 0 Å². The number of carbonyl (C=O) groups excluding carboxylic acids is 2. The molecular weight excluding hydrogens is 526 g/mol. The van der Waals surface area contributed by atoms with Gasteiger partial charge in [0, 0.05) is 35.0 Å². The lowest BCUT2D eigenvalue weighted by Gasteiger charge is -2.49. The van der Waals surface area contributed by atoms with Gasteiger partial charge in [0.2, 0.25) is 17.1 Å². The van der Waals surface area contributed by atoms with Gasteiger partial charge in [0.05, 0.1) is 0 Å². The quantitative estimate of drug-likeness (QED) is 0.135. The maximum absolute atomic E-state index is 13.1. The molecule has 0 bridgehead atoms. The van der Waals surface area contributed by atoms with E-state index in [-0.39, 0.29) is 23.2 Å². The standard InChI is InChI=1S/C21H21N7O7S2/c1-21(2,19(33)34)35-25-11(14-24-20(22)37-26-14)15(29)23-12-16(30)28-13(18(31)32)10(9-36-17(12)28)8-27-6-4-3-5-7-27/h3-7,12,17H,8-9H2,1-2H3,(H4-,22,23,24,26,29,31,32,33,34)/p+1/t12?,17-/m1/s1. The number of rotatable bonds is 9. The maximum atomic E-state index is 13.1. The van der Waals surface area contributed by atoms with E-state index in [1.807, 2.05) is 18.2 Å². The Morgan fingerprint density at radius 2 is 2.00 bits per heavy atom. The molecule has 0 aliphatic carbocycles. The predicted octanol–water partition coefficient (Wildman–Crippen LogP) is -0.569. The Morgan fingerprint density at radius 3 is 2.59 bits per heavy atom. The van der Waals surface area contributed by atoms with Crippen molar-refractivity contribution in [2.45, 2.75) is 37.4 Å². The van der Waals surface area contributed by atoms with Crippen molar-refractivity contribution in [3.05, 3.63) is 47.7 Å². The van der Waals surface area contributed by atoms with Crippen molar-refractivity contribution in [1.82, 2.24) is 19.6 Å². The molecule has 1 fully saturated rings. The number of thioether (sulfide) groups is 1. The minimum absolute atomic E-state index is 0.0294. The average Bonchev–Trinajstić information content (AvgIpc) is 3.28. The zero-order valence-electron chi connectivity index (χ0n) is 19.5. The number of anilines is 1. The molecule has 2 aliphatic rings. The number of carboxylic acid groups (broad SMARTS) is 2. The summed E-state index contributed by atoms with van der Waals surface area (Å²) in [6.07, 6.45) is 3.58. The summed E-state index contributed by atoms with van der Waals surface area (Å²) in [5.74, 6) is -3.99. The third kappa shape index (κ3) is 5.24. The predicted molar refractivity (Wildman–Crippen MR) is 130 cm³/mol. The molecule has 2 aromatic heterocycles. The van der Waals surface area contributed by atoms with Gasteiger partial charge in [-0.05, 0) is 13.8 Å². The Morgan fingerprint density at radius 1 is 1.30 bits per heavy atom. The second kappa shape index (κ2) is 10.1. The lowest BCUT2D eigenvalue weighted by molar-refractivity contribution is -0.689. The van der Waals surface area contributed by atoms with Crippen LogP contribution in [0.1, 0.15) is 19.7 Å². The van der Waals surface area contributed by atoms with Gasteiger partial charge in [0.25, 0.3) is 11.8 Å². The van der Waals surface area contributed by atoms with E-state index < -0.39 is 46.5 Å². The van der Waals surface area contributed by atoms with Gasteiger partial charge >= 0.3 is 11.9 Å². The summed E-state index contributed by atoms with van der Waals surface area (Å²) in [6.45, 7) is 2.75. The van der Waals surface area contributed by atoms with Crippen molar-refractivity contribution in [1.29, 1.82) is 0 Å². The van der Waals surface area contributed by atoms with Crippen LogP contribution in [0.4, 0.5) is 5.13 Å². The number of amides is 2. The van der Waals surface area contributed by atoms with E-state index in [0.29, 0.717) is 11.3 Å². The van der Waals surface area contributed by atoms with Crippen molar-refractivity contribution < 1.29 is 38.8 Å². The number of aromatic nitrogens is 3.